The van der Waals surface area contributed by atoms with E-state index in [1.807, 2.05) is 18.2 Å². The molecule has 1 aliphatic rings. The molecule has 0 aliphatic heterocycles. The molecule has 0 atom stereocenters. The topological polar surface area (TPSA) is 46.5 Å². The molecule has 0 saturated heterocycles. The van der Waals surface area contributed by atoms with Crippen molar-refractivity contribution in [2.24, 2.45) is 0 Å². The molecule has 0 unspecified atom stereocenters. The molecular formula is C19H15BrO3. The van der Waals surface area contributed by atoms with Crippen molar-refractivity contribution in [3.05, 3.63) is 81.9 Å². The highest BCUT2D eigenvalue weighted by atomic mass is 79.9. The maximum absolute atomic E-state index is 12.5. The molecule has 1 aliphatic carbocycles. The molecule has 3 nitrogen and oxygen atoms in total. The summed E-state index contributed by atoms with van der Waals surface area (Å²) in [5.41, 5.74) is 2.54. The third-order valence-corrected chi connectivity index (χ3v) is 4.26. The zero-order valence-electron chi connectivity index (χ0n) is 12.4. The smallest absolute Gasteiger partial charge is 0.193 e. The Balaban J connectivity index is 1.94. The van der Waals surface area contributed by atoms with Crippen LogP contribution in [0.2, 0.25) is 0 Å². The first-order valence-corrected chi connectivity index (χ1v) is 7.99. The molecule has 0 fully saturated rings. The average Bonchev–Trinajstić information content (AvgIpc) is 2.89. The van der Waals surface area contributed by atoms with Crippen molar-refractivity contribution in [3.63, 3.8) is 0 Å². The van der Waals surface area contributed by atoms with Crippen LogP contribution in [0.1, 0.15) is 21.5 Å². The van der Waals surface area contributed by atoms with Gasteiger partial charge in [0.05, 0.1) is 0 Å². The van der Waals surface area contributed by atoms with E-state index in [1.54, 1.807) is 30.3 Å². The lowest BCUT2D eigenvalue weighted by Crippen LogP contribution is -2.00. The monoisotopic (exact) mass is 370 g/mol. The summed E-state index contributed by atoms with van der Waals surface area (Å²) < 4.78 is 6.42. The third-order valence-electron chi connectivity index (χ3n) is 3.73. The van der Waals surface area contributed by atoms with Crippen molar-refractivity contribution in [2.75, 3.05) is 6.61 Å². The van der Waals surface area contributed by atoms with Gasteiger partial charge in [-0.1, -0.05) is 40.7 Å². The van der Waals surface area contributed by atoms with Crippen LogP contribution in [0.5, 0.6) is 5.75 Å². The first-order chi connectivity index (χ1) is 11.1. The molecule has 0 aromatic heterocycles. The van der Waals surface area contributed by atoms with E-state index in [-0.39, 0.29) is 11.5 Å². The number of ketones is 1. The number of hydrogen-bond acceptors (Lipinski definition) is 3. The van der Waals surface area contributed by atoms with Crippen molar-refractivity contribution in [1.29, 1.82) is 0 Å². The number of hydrogen-bond donors (Lipinski definition) is 1. The zero-order valence-corrected chi connectivity index (χ0v) is 14.0. The highest BCUT2D eigenvalue weighted by Crippen LogP contribution is 2.33. The lowest BCUT2D eigenvalue weighted by atomic mass is 10.1. The van der Waals surface area contributed by atoms with Crippen LogP contribution in [0.4, 0.5) is 0 Å². The Hall–Kier alpha value is -2.33. The van der Waals surface area contributed by atoms with Gasteiger partial charge in [0.15, 0.2) is 5.78 Å². The van der Waals surface area contributed by atoms with E-state index in [2.05, 4.69) is 22.5 Å². The molecule has 4 heteroatoms. The summed E-state index contributed by atoms with van der Waals surface area (Å²) in [5.74, 6) is 0.601. The van der Waals surface area contributed by atoms with Gasteiger partial charge in [0.2, 0.25) is 0 Å². The van der Waals surface area contributed by atoms with Crippen LogP contribution in [-0.2, 0) is 6.42 Å². The number of fused-ring (bicyclic) bond motifs is 1. The molecule has 2 aromatic rings. The maximum Gasteiger partial charge on any atom is 0.193 e. The van der Waals surface area contributed by atoms with Gasteiger partial charge in [-0.15, -0.1) is 0 Å². The number of allylic oxidation sites excluding steroid dienone is 1. The molecule has 3 rings (SSSR count). The number of aliphatic hydroxyl groups is 1. The van der Waals surface area contributed by atoms with Crippen LogP contribution in [0.25, 0.3) is 5.76 Å². The molecule has 0 saturated carbocycles. The molecule has 0 bridgehead atoms. The largest absolute Gasteiger partial charge is 0.507 e. The fourth-order valence-corrected chi connectivity index (χ4v) is 2.85. The third kappa shape index (κ3) is 3.08. The quantitative estimate of drug-likeness (QED) is 0.481. The van der Waals surface area contributed by atoms with Gasteiger partial charge in [0.25, 0.3) is 0 Å². The van der Waals surface area contributed by atoms with E-state index in [1.165, 1.54) is 0 Å². The van der Waals surface area contributed by atoms with E-state index < -0.39 is 0 Å². The normalized spacial score (nSPS) is 15.3. The van der Waals surface area contributed by atoms with Crippen molar-refractivity contribution >= 4 is 27.5 Å². The van der Waals surface area contributed by atoms with E-state index in [9.17, 15) is 9.90 Å². The Morgan fingerprint density at radius 3 is 2.70 bits per heavy atom. The van der Waals surface area contributed by atoms with E-state index in [0.29, 0.717) is 35.5 Å². The first kappa shape index (κ1) is 15.6. The molecule has 0 amide bonds. The second-order valence-corrected chi connectivity index (χ2v) is 6.17. The number of Topliss-reactive ketones (excluding diaryl/α,β-unsaturated/α-hetero) is 1. The van der Waals surface area contributed by atoms with Crippen molar-refractivity contribution in [1.82, 2.24) is 0 Å². The van der Waals surface area contributed by atoms with Crippen LogP contribution in [0.3, 0.4) is 0 Å². The lowest BCUT2D eigenvalue weighted by Gasteiger charge is -2.04. The Morgan fingerprint density at radius 2 is 2.00 bits per heavy atom. The van der Waals surface area contributed by atoms with Gasteiger partial charge in [-0.25, -0.2) is 0 Å². The van der Waals surface area contributed by atoms with Crippen molar-refractivity contribution < 1.29 is 14.6 Å². The molecule has 0 spiro atoms. The number of benzene rings is 2. The summed E-state index contributed by atoms with van der Waals surface area (Å²) in [7, 11) is 0. The SMILES string of the molecule is C=CCOc1ccc2c(c1)C/C(=C(/O)c1ccc(Br)cc1)C2=O. The first-order valence-electron chi connectivity index (χ1n) is 7.19. The number of ether oxygens (including phenoxy) is 1. The van der Waals surface area contributed by atoms with Gasteiger partial charge in [0.1, 0.15) is 18.1 Å². The van der Waals surface area contributed by atoms with Gasteiger partial charge in [0, 0.05) is 27.6 Å². The fourth-order valence-electron chi connectivity index (χ4n) is 2.59. The van der Waals surface area contributed by atoms with Gasteiger partial charge in [-0.05, 0) is 35.9 Å². The molecule has 2 aromatic carbocycles. The number of halogens is 1. The molecule has 0 heterocycles. The second-order valence-electron chi connectivity index (χ2n) is 5.26. The number of rotatable bonds is 4. The van der Waals surface area contributed by atoms with E-state index in [0.717, 1.165) is 10.0 Å². The highest BCUT2D eigenvalue weighted by Gasteiger charge is 2.28. The number of aliphatic hydroxyl groups excluding tert-OH is 1. The minimum atomic E-state index is -0.129. The van der Waals surface area contributed by atoms with E-state index >= 15 is 0 Å². The van der Waals surface area contributed by atoms with Gasteiger partial charge < -0.3 is 9.84 Å². The predicted molar refractivity (Wildman–Crippen MR) is 93.9 cm³/mol. The van der Waals surface area contributed by atoms with Crippen molar-refractivity contribution in [2.45, 2.75) is 6.42 Å². The van der Waals surface area contributed by atoms with E-state index in [4.69, 9.17) is 4.74 Å². The summed E-state index contributed by atoms with van der Waals surface area (Å²) in [6.07, 6.45) is 2.07. The standard InChI is InChI=1S/C19H15BrO3/c1-2-9-23-15-7-8-16-13(10-15)11-17(19(16)22)18(21)12-3-5-14(20)6-4-12/h2-8,10,21H,1,9,11H2/b18-17-. The zero-order chi connectivity index (χ0) is 16.4. The summed E-state index contributed by atoms with van der Waals surface area (Å²) in [4.78, 5) is 12.5. The molecule has 116 valence electrons. The Bertz CT molecular complexity index is 804. The van der Waals surface area contributed by atoms with Crippen LogP contribution < -0.4 is 4.74 Å². The summed E-state index contributed by atoms with van der Waals surface area (Å²) in [6.45, 7) is 4.03. The van der Waals surface area contributed by atoms with Crippen LogP contribution in [0, 0.1) is 0 Å². The Labute approximate surface area is 143 Å². The van der Waals surface area contributed by atoms with Gasteiger partial charge in [-0.2, -0.15) is 0 Å². The molecule has 1 N–H and O–H groups in total. The van der Waals surface area contributed by atoms with Gasteiger partial charge in [-0.3, -0.25) is 4.79 Å². The second kappa shape index (κ2) is 6.42. The minimum Gasteiger partial charge on any atom is -0.507 e. The molecular weight excluding hydrogens is 356 g/mol. The van der Waals surface area contributed by atoms with Crippen LogP contribution in [-0.4, -0.2) is 17.5 Å². The summed E-state index contributed by atoms with van der Waals surface area (Å²) in [5, 5.41) is 10.5. The predicted octanol–water partition coefficient (Wildman–Crippen LogP) is 4.72. The molecule has 23 heavy (non-hydrogen) atoms. The van der Waals surface area contributed by atoms with Crippen LogP contribution >= 0.6 is 15.9 Å². The number of carbonyl (C=O) groups is 1. The van der Waals surface area contributed by atoms with Gasteiger partial charge >= 0.3 is 0 Å². The summed E-state index contributed by atoms with van der Waals surface area (Å²) in [6, 6.07) is 12.6. The number of carbonyl (C=O) groups excluding carboxylic acids is 1. The fraction of sp³-hybridized carbons (Fsp3) is 0.105. The highest BCUT2D eigenvalue weighted by molar-refractivity contribution is 9.10. The molecule has 0 radical (unpaired) electrons. The summed E-state index contributed by atoms with van der Waals surface area (Å²) >= 11 is 3.36. The lowest BCUT2D eigenvalue weighted by molar-refractivity contribution is 0.103. The van der Waals surface area contributed by atoms with Crippen LogP contribution in [0.15, 0.2) is 65.2 Å². The maximum atomic E-state index is 12.5. The average molecular weight is 371 g/mol. The Kier molecular flexibility index (Phi) is 4.35. The Morgan fingerprint density at radius 1 is 1.26 bits per heavy atom. The van der Waals surface area contributed by atoms with Crippen molar-refractivity contribution in [3.8, 4) is 5.75 Å². The minimum absolute atomic E-state index is 0.0345.